The highest BCUT2D eigenvalue weighted by atomic mass is 19.1. The maximum atomic E-state index is 16.9. The first-order valence-corrected chi connectivity index (χ1v) is 10.5. The molecule has 0 saturated heterocycles. The Balaban J connectivity index is 1.81. The minimum Gasteiger partial charge on any atom is -0.390 e. The van der Waals surface area contributed by atoms with Gasteiger partial charge < -0.3 is 14.9 Å². The average Bonchev–Trinajstić information content (AvgIpc) is 2.85. The van der Waals surface area contributed by atoms with Crippen LogP contribution in [0.25, 0.3) is 0 Å². The van der Waals surface area contributed by atoms with Gasteiger partial charge in [0.25, 0.3) is 0 Å². The molecule has 4 aliphatic carbocycles. The van der Waals surface area contributed by atoms with Gasteiger partial charge in [-0.1, -0.05) is 25.5 Å². The van der Waals surface area contributed by atoms with Crippen molar-refractivity contribution in [3.05, 3.63) is 23.8 Å². The van der Waals surface area contributed by atoms with Crippen molar-refractivity contribution in [1.82, 2.24) is 0 Å². The number of hydrogen-bond acceptors (Lipinski definition) is 5. The quantitative estimate of drug-likeness (QED) is 0.753. The van der Waals surface area contributed by atoms with Gasteiger partial charge in [-0.3, -0.25) is 9.59 Å². The fourth-order valence-electron chi connectivity index (χ4n) is 7.38. The van der Waals surface area contributed by atoms with Crippen LogP contribution >= 0.6 is 0 Å². The van der Waals surface area contributed by atoms with Crippen LogP contribution in [-0.2, 0) is 14.3 Å². The summed E-state index contributed by atoms with van der Waals surface area (Å²) in [5, 5.41) is 22.8. The normalized spacial score (nSPS) is 51.1. The van der Waals surface area contributed by atoms with E-state index >= 15 is 4.39 Å². The van der Waals surface area contributed by atoms with Crippen molar-refractivity contribution in [2.75, 3.05) is 13.7 Å². The van der Waals surface area contributed by atoms with E-state index in [0.29, 0.717) is 19.3 Å². The number of ketones is 2. The Morgan fingerprint density at radius 1 is 1.34 bits per heavy atom. The van der Waals surface area contributed by atoms with Gasteiger partial charge in [0.15, 0.2) is 17.2 Å². The van der Waals surface area contributed by atoms with Gasteiger partial charge in [-0.05, 0) is 56.6 Å². The Bertz CT molecular complexity index is 820. The van der Waals surface area contributed by atoms with Crippen molar-refractivity contribution >= 4 is 11.6 Å². The van der Waals surface area contributed by atoms with Crippen LogP contribution in [0.4, 0.5) is 4.39 Å². The molecule has 0 spiro atoms. The standard InChI is InChI=1S/C23H31FO5/c1-13-9-17-16-6-5-14-10-15(25)7-8-20(14,2)22(16,24)18(26)11-21(17,3)23(13,28)19(27)12-29-4/h7-8,10,13,16-18,26,28H,5-6,9,11-12H2,1-4H3. The van der Waals surface area contributed by atoms with Gasteiger partial charge in [0, 0.05) is 23.9 Å². The molecule has 2 N–H and O–H groups in total. The Labute approximate surface area is 171 Å². The van der Waals surface area contributed by atoms with Gasteiger partial charge in [-0.25, -0.2) is 4.39 Å². The van der Waals surface area contributed by atoms with E-state index in [1.165, 1.54) is 19.3 Å². The zero-order chi connectivity index (χ0) is 21.4. The summed E-state index contributed by atoms with van der Waals surface area (Å²) in [6.07, 6.45) is 4.72. The fourth-order valence-corrected chi connectivity index (χ4v) is 7.38. The molecule has 0 amide bonds. The highest BCUT2D eigenvalue weighted by molar-refractivity contribution is 6.01. The molecule has 0 aromatic heterocycles. The number of allylic oxidation sites excluding steroid dienone is 4. The van der Waals surface area contributed by atoms with Crippen molar-refractivity contribution in [2.24, 2.45) is 28.6 Å². The Kier molecular flexibility index (Phi) is 4.55. The van der Waals surface area contributed by atoms with Gasteiger partial charge in [0.1, 0.15) is 12.2 Å². The molecule has 8 unspecified atom stereocenters. The molecule has 0 aromatic rings. The van der Waals surface area contributed by atoms with E-state index < -0.39 is 39.9 Å². The Hall–Kier alpha value is -1.37. The van der Waals surface area contributed by atoms with Crippen LogP contribution in [0.15, 0.2) is 23.8 Å². The number of aliphatic hydroxyl groups is 2. The topological polar surface area (TPSA) is 83.8 Å². The lowest BCUT2D eigenvalue weighted by molar-refractivity contribution is -0.219. The number of aliphatic hydroxyl groups excluding tert-OH is 1. The third kappa shape index (κ3) is 2.31. The molecule has 3 fully saturated rings. The molecule has 0 bridgehead atoms. The van der Waals surface area contributed by atoms with Crippen LogP contribution in [0.2, 0.25) is 0 Å². The molecule has 8 atom stereocenters. The zero-order valence-corrected chi connectivity index (χ0v) is 17.6. The smallest absolute Gasteiger partial charge is 0.190 e. The van der Waals surface area contributed by atoms with Crippen molar-refractivity contribution in [2.45, 2.75) is 63.8 Å². The Morgan fingerprint density at radius 2 is 2.03 bits per heavy atom. The van der Waals surface area contributed by atoms with E-state index in [1.807, 2.05) is 13.8 Å². The second-order valence-corrected chi connectivity index (χ2v) is 10.0. The first-order valence-electron chi connectivity index (χ1n) is 10.5. The number of Topliss-reactive ketones (excluding diaryl/α,β-unsaturated/α-hetero) is 1. The molecule has 0 heterocycles. The van der Waals surface area contributed by atoms with E-state index in [1.54, 1.807) is 13.0 Å². The molecule has 29 heavy (non-hydrogen) atoms. The molecule has 4 rings (SSSR count). The number of methoxy groups -OCH3 is 1. The van der Waals surface area contributed by atoms with Crippen LogP contribution in [-0.4, -0.2) is 52.9 Å². The van der Waals surface area contributed by atoms with E-state index in [4.69, 9.17) is 4.74 Å². The lowest BCUT2D eigenvalue weighted by Crippen LogP contribution is -2.69. The molecule has 4 aliphatic rings. The number of carbonyl (C=O) groups is 2. The minimum absolute atomic E-state index is 0.00832. The average molecular weight is 406 g/mol. The van der Waals surface area contributed by atoms with Crippen molar-refractivity contribution in [3.8, 4) is 0 Å². The van der Waals surface area contributed by atoms with Crippen LogP contribution in [0.3, 0.4) is 0 Å². The lowest BCUT2D eigenvalue weighted by atomic mass is 9.44. The van der Waals surface area contributed by atoms with E-state index in [-0.39, 0.29) is 30.6 Å². The lowest BCUT2D eigenvalue weighted by Gasteiger charge is -2.62. The summed E-state index contributed by atoms with van der Waals surface area (Å²) >= 11 is 0. The maximum absolute atomic E-state index is 16.9. The number of carbonyl (C=O) groups excluding carboxylic acids is 2. The number of hydrogen-bond donors (Lipinski definition) is 2. The van der Waals surface area contributed by atoms with Crippen LogP contribution in [0.5, 0.6) is 0 Å². The number of alkyl halides is 1. The third-order valence-corrected chi connectivity index (χ3v) is 8.92. The number of fused-ring (bicyclic) bond motifs is 5. The van der Waals surface area contributed by atoms with Gasteiger partial charge in [-0.2, -0.15) is 0 Å². The van der Waals surface area contributed by atoms with Crippen LogP contribution in [0.1, 0.15) is 46.5 Å². The maximum Gasteiger partial charge on any atom is 0.190 e. The predicted molar refractivity (Wildman–Crippen MR) is 105 cm³/mol. The van der Waals surface area contributed by atoms with E-state index in [0.717, 1.165) is 5.57 Å². The van der Waals surface area contributed by atoms with Gasteiger partial charge in [0.05, 0.1) is 6.10 Å². The molecular formula is C23H31FO5. The number of rotatable bonds is 3. The second-order valence-electron chi connectivity index (χ2n) is 10.0. The third-order valence-electron chi connectivity index (χ3n) is 8.92. The second kappa shape index (κ2) is 6.32. The molecule has 6 heteroatoms. The van der Waals surface area contributed by atoms with Gasteiger partial charge >= 0.3 is 0 Å². The largest absolute Gasteiger partial charge is 0.390 e. The van der Waals surface area contributed by atoms with Crippen molar-refractivity contribution in [3.63, 3.8) is 0 Å². The minimum atomic E-state index is -1.95. The molecule has 3 saturated carbocycles. The highest BCUT2D eigenvalue weighted by Gasteiger charge is 2.75. The summed E-state index contributed by atoms with van der Waals surface area (Å²) in [5.41, 5.74) is -4.89. The fraction of sp³-hybridized carbons (Fsp3) is 0.739. The summed E-state index contributed by atoms with van der Waals surface area (Å²) < 4.78 is 22.0. The molecule has 5 nitrogen and oxygen atoms in total. The predicted octanol–water partition coefficient (Wildman–Crippen LogP) is 2.55. The first-order chi connectivity index (χ1) is 13.5. The van der Waals surface area contributed by atoms with E-state index in [9.17, 15) is 19.8 Å². The Morgan fingerprint density at radius 3 is 2.69 bits per heavy atom. The molecule has 0 aliphatic heterocycles. The highest BCUT2D eigenvalue weighted by Crippen LogP contribution is 2.70. The summed E-state index contributed by atoms with van der Waals surface area (Å²) in [4.78, 5) is 24.8. The molecule has 160 valence electrons. The SMILES string of the molecule is COCC(=O)C1(O)C(C)CC2C3CCC4=CC(=O)C=CC4(C)C3(F)C(O)CC21C. The monoisotopic (exact) mass is 406 g/mol. The first kappa shape index (κ1) is 20.9. The van der Waals surface area contributed by atoms with E-state index in [2.05, 4.69) is 0 Å². The summed E-state index contributed by atoms with van der Waals surface area (Å²) in [7, 11) is 1.41. The summed E-state index contributed by atoms with van der Waals surface area (Å²) in [6, 6.07) is 0. The zero-order valence-electron chi connectivity index (χ0n) is 17.6. The van der Waals surface area contributed by atoms with Crippen molar-refractivity contribution < 1.29 is 28.9 Å². The molecular weight excluding hydrogens is 375 g/mol. The van der Waals surface area contributed by atoms with Gasteiger partial charge in [-0.15, -0.1) is 0 Å². The van der Waals surface area contributed by atoms with Crippen molar-refractivity contribution in [1.29, 1.82) is 0 Å². The number of ether oxygens (including phenoxy) is 1. The molecule has 0 radical (unpaired) electrons. The van der Waals surface area contributed by atoms with Crippen LogP contribution in [0, 0.1) is 28.6 Å². The summed E-state index contributed by atoms with van der Waals surface area (Å²) in [5.74, 6) is -1.67. The summed E-state index contributed by atoms with van der Waals surface area (Å²) in [6.45, 7) is 5.21. The molecule has 0 aromatic carbocycles. The van der Waals surface area contributed by atoms with Crippen LogP contribution < -0.4 is 0 Å². The van der Waals surface area contributed by atoms with Gasteiger partial charge in [0.2, 0.25) is 0 Å². The number of halogens is 1.